The summed E-state index contributed by atoms with van der Waals surface area (Å²) < 4.78 is 68.9. The third-order valence-corrected chi connectivity index (χ3v) is 21.7. The van der Waals surface area contributed by atoms with E-state index in [2.05, 4.69) is 34.6 Å². The molecule has 0 bridgehead atoms. The lowest BCUT2D eigenvalue weighted by atomic mass is 10.0. The average Bonchev–Trinajstić information content (AvgIpc) is 0.919. The van der Waals surface area contributed by atoms with E-state index in [1.807, 2.05) is 0 Å². The monoisotopic (exact) mass is 1510 g/mol. The molecular weight excluding hydrogens is 1340 g/mol. The van der Waals surface area contributed by atoms with Gasteiger partial charge in [0.25, 0.3) is 0 Å². The predicted molar refractivity (Wildman–Crippen MR) is 423 cm³/mol. The first-order valence-corrected chi connectivity index (χ1v) is 46.6. The number of esters is 4. The molecule has 0 heterocycles. The highest BCUT2D eigenvalue weighted by Gasteiger charge is 2.30. The Labute approximate surface area is 632 Å². The van der Waals surface area contributed by atoms with Crippen molar-refractivity contribution in [3.63, 3.8) is 0 Å². The van der Waals surface area contributed by atoms with Gasteiger partial charge in [-0.2, -0.15) is 0 Å². The second kappa shape index (κ2) is 76.8. The molecule has 0 aliphatic carbocycles. The van der Waals surface area contributed by atoms with Gasteiger partial charge in [-0.1, -0.05) is 401 Å². The number of phosphoric acid groups is 2. The Kier molecular flexibility index (Phi) is 75.4. The molecule has 0 aromatic carbocycles. The topological polar surface area (TPSA) is 237 Å². The highest BCUT2D eigenvalue weighted by molar-refractivity contribution is 7.47. The van der Waals surface area contributed by atoms with Gasteiger partial charge in [-0.3, -0.25) is 37.3 Å². The van der Waals surface area contributed by atoms with E-state index in [9.17, 15) is 43.2 Å². The van der Waals surface area contributed by atoms with Crippen molar-refractivity contribution >= 4 is 39.5 Å². The minimum atomic E-state index is -4.96. The van der Waals surface area contributed by atoms with Gasteiger partial charge in [0.1, 0.15) is 19.3 Å². The molecule has 0 aliphatic heterocycles. The number of aliphatic hydroxyl groups is 1. The molecule has 0 amide bonds. The van der Waals surface area contributed by atoms with E-state index in [1.165, 1.54) is 276 Å². The van der Waals surface area contributed by atoms with E-state index in [0.717, 1.165) is 95.8 Å². The Morgan fingerprint density at radius 2 is 0.447 bits per heavy atom. The van der Waals surface area contributed by atoms with Gasteiger partial charge in [0, 0.05) is 25.7 Å². The zero-order valence-corrected chi connectivity index (χ0v) is 69.3. The van der Waals surface area contributed by atoms with Crippen LogP contribution in [0.1, 0.15) is 452 Å². The van der Waals surface area contributed by atoms with Crippen LogP contribution in [0.5, 0.6) is 0 Å². The van der Waals surface area contributed by atoms with Gasteiger partial charge in [0.2, 0.25) is 0 Å². The average molecular weight is 1510 g/mol. The molecule has 103 heavy (non-hydrogen) atoms. The van der Waals surface area contributed by atoms with Crippen LogP contribution in [0.15, 0.2) is 0 Å². The Morgan fingerprint density at radius 3 is 0.660 bits per heavy atom. The molecule has 2 unspecified atom stereocenters. The van der Waals surface area contributed by atoms with Gasteiger partial charge in [-0.15, -0.1) is 0 Å². The summed E-state index contributed by atoms with van der Waals surface area (Å²) in [5.41, 5.74) is 0. The number of hydrogen-bond acceptors (Lipinski definition) is 15. The van der Waals surface area contributed by atoms with E-state index in [4.69, 9.17) is 37.0 Å². The Hall–Kier alpha value is -1.94. The normalized spacial score (nSPS) is 13.8. The number of carbonyl (C=O) groups is 4. The van der Waals surface area contributed by atoms with Crippen LogP contribution in [0, 0.1) is 5.92 Å². The summed E-state index contributed by atoms with van der Waals surface area (Å²) in [6.07, 6.45) is 69.2. The second-order valence-electron chi connectivity index (χ2n) is 30.7. The minimum Gasteiger partial charge on any atom is -0.462 e. The Balaban J connectivity index is 5.24. The minimum absolute atomic E-state index is 0.109. The summed E-state index contributed by atoms with van der Waals surface area (Å²) in [6, 6.07) is 0. The molecule has 0 saturated carbocycles. The molecule has 0 aromatic rings. The number of phosphoric ester groups is 2. The number of rotatable bonds is 84. The standard InChI is InChI=1S/C84H164O17P2/c1-6-9-12-15-18-21-24-27-33-39-43-48-53-58-63-68-82(87)95-74-80(101-84(89)70-65-60-55-50-45-40-35-32-30-29-31-34-37-41-46-51-56-61-66-77(4)5)76-99-103(92,93)97-72-78(85)71-96-102(90,91)98-75-79(73-94-81(86)67-62-57-52-47-42-36-26-23-20-17-14-11-8-3)100-83(88)69-64-59-54-49-44-38-28-25-22-19-16-13-10-7-2/h77-80,85H,6-76H2,1-5H3,(H,90,91)(H,92,93)/t78-,79+,80+/m0/s1. The quantitative estimate of drug-likeness (QED) is 0.0222. The molecule has 19 heteroatoms. The summed E-state index contributed by atoms with van der Waals surface area (Å²) >= 11 is 0. The van der Waals surface area contributed by atoms with E-state index >= 15 is 0 Å². The van der Waals surface area contributed by atoms with E-state index < -0.39 is 97.5 Å². The zero-order valence-electron chi connectivity index (χ0n) is 67.5. The fourth-order valence-corrected chi connectivity index (χ4v) is 14.7. The van der Waals surface area contributed by atoms with Gasteiger partial charge in [-0.25, -0.2) is 9.13 Å². The second-order valence-corrected chi connectivity index (χ2v) is 33.6. The van der Waals surface area contributed by atoms with Crippen LogP contribution in [-0.2, 0) is 65.4 Å². The maximum Gasteiger partial charge on any atom is 0.472 e. The van der Waals surface area contributed by atoms with Crippen molar-refractivity contribution < 1.29 is 80.2 Å². The number of aliphatic hydroxyl groups excluding tert-OH is 1. The van der Waals surface area contributed by atoms with Gasteiger partial charge in [-0.05, 0) is 31.6 Å². The van der Waals surface area contributed by atoms with Crippen LogP contribution < -0.4 is 0 Å². The van der Waals surface area contributed by atoms with Crippen LogP contribution >= 0.6 is 15.6 Å². The molecule has 0 aromatic heterocycles. The predicted octanol–water partition coefficient (Wildman–Crippen LogP) is 25.6. The smallest absolute Gasteiger partial charge is 0.462 e. The third-order valence-electron chi connectivity index (χ3n) is 19.8. The van der Waals surface area contributed by atoms with Crippen LogP contribution in [0.25, 0.3) is 0 Å². The van der Waals surface area contributed by atoms with Gasteiger partial charge in [0.15, 0.2) is 12.2 Å². The maximum absolute atomic E-state index is 13.1. The fourth-order valence-electron chi connectivity index (χ4n) is 13.1. The van der Waals surface area contributed by atoms with Crippen LogP contribution in [0.3, 0.4) is 0 Å². The summed E-state index contributed by atoms with van der Waals surface area (Å²) in [5.74, 6) is -1.28. The first-order valence-electron chi connectivity index (χ1n) is 43.6. The Morgan fingerprint density at radius 1 is 0.262 bits per heavy atom. The fraction of sp³-hybridized carbons (Fsp3) is 0.952. The number of carbonyl (C=O) groups excluding carboxylic acids is 4. The van der Waals surface area contributed by atoms with Crippen molar-refractivity contribution in [1.82, 2.24) is 0 Å². The molecule has 5 atom stereocenters. The SMILES string of the molecule is CCCCCCCCCCCCCCCCCC(=O)OC[C@H](COP(=O)(O)OC[C@@H](O)COP(=O)(O)OC[C@@H](COC(=O)CCCCCCCCCCCCCCC)OC(=O)CCCCCCCCCCCCCCCC)OC(=O)CCCCCCCCCCCCCCCCCCCCC(C)C. The van der Waals surface area contributed by atoms with Crippen molar-refractivity contribution in [2.75, 3.05) is 39.6 Å². The van der Waals surface area contributed by atoms with Crippen LogP contribution in [0.2, 0.25) is 0 Å². The molecule has 0 rings (SSSR count). The lowest BCUT2D eigenvalue weighted by Gasteiger charge is -2.21. The summed E-state index contributed by atoms with van der Waals surface area (Å²) in [5, 5.41) is 10.7. The van der Waals surface area contributed by atoms with Crippen LogP contribution in [-0.4, -0.2) is 96.7 Å². The molecule has 612 valence electrons. The Bertz CT molecular complexity index is 1960. The van der Waals surface area contributed by atoms with Crippen molar-refractivity contribution in [1.29, 1.82) is 0 Å². The molecule has 0 spiro atoms. The van der Waals surface area contributed by atoms with Gasteiger partial charge >= 0.3 is 39.5 Å². The summed E-state index contributed by atoms with van der Waals surface area (Å²) in [7, 11) is -9.92. The molecule has 0 radical (unpaired) electrons. The molecule has 3 N–H and O–H groups in total. The lowest BCUT2D eigenvalue weighted by molar-refractivity contribution is -0.161. The van der Waals surface area contributed by atoms with Crippen LogP contribution in [0.4, 0.5) is 0 Å². The molecule has 17 nitrogen and oxygen atoms in total. The van der Waals surface area contributed by atoms with Crippen molar-refractivity contribution in [3.8, 4) is 0 Å². The number of ether oxygens (including phenoxy) is 4. The lowest BCUT2D eigenvalue weighted by Crippen LogP contribution is -2.30. The van der Waals surface area contributed by atoms with E-state index in [-0.39, 0.29) is 25.7 Å². The highest BCUT2D eigenvalue weighted by Crippen LogP contribution is 2.45. The highest BCUT2D eigenvalue weighted by atomic mass is 31.2. The van der Waals surface area contributed by atoms with Crippen molar-refractivity contribution in [2.24, 2.45) is 5.92 Å². The first kappa shape index (κ1) is 101. The van der Waals surface area contributed by atoms with E-state index in [1.54, 1.807) is 0 Å². The maximum atomic E-state index is 13.1. The number of hydrogen-bond donors (Lipinski definition) is 3. The van der Waals surface area contributed by atoms with E-state index in [0.29, 0.717) is 25.7 Å². The summed E-state index contributed by atoms with van der Waals surface area (Å²) in [6.45, 7) is 7.40. The van der Waals surface area contributed by atoms with Gasteiger partial charge in [0.05, 0.1) is 26.4 Å². The van der Waals surface area contributed by atoms with Gasteiger partial charge < -0.3 is 33.8 Å². The third kappa shape index (κ3) is 78.0. The van der Waals surface area contributed by atoms with Crippen molar-refractivity contribution in [3.05, 3.63) is 0 Å². The molecular formula is C84H164O17P2. The largest absolute Gasteiger partial charge is 0.472 e. The summed E-state index contributed by atoms with van der Waals surface area (Å²) in [4.78, 5) is 73.2. The first-order chi connectivity index (χ1) is 50.0. The zero-order chi connectivity index (χ0) is 75.5. The molecule has 0 aliphatic rings. The molecule has 0 fully saturated rings. The van der Waals surface area contributed by atoms with Crippen molar-refractivity contribution in [2.45, 2.75) is 470 Å². The molecule has 0 saturated heterocycles. The number of unbranched alkanes of at least 4 members (excludes halogenated alkanes) is 56.